The second-order valence-corrected chi connectivity index (χ2v) is 9.08. The molecule has 0 unspecified atom stereocenters. The molecule has 0 radical (unpaired) electrons. The van der Waals surface area contributed by atoms with Crippen LogP contribution in [0.15, 0.2) is 41.3 Å². The maximum absolute atomic E-state index is 14.4. The number of aliphatic carboxylic acids is 1. The lowest BCUT2D eigenvalue weighted by molar-refractivity contribution is -0.132. The topological polar surface area (TPSA) is 97.8 Å². The van der Waals surface area contributed by atoms with Crippen LogP contribution in [0.1, 0.15) is 55.1 Å². The van der Waals surface area contributed by atoms with E-state index in [1.54, 1.807) is 12.5 Å². The fraction of sp³-hybridized carbons (Fsp3) is 0.296. The molecule has 0 spiro atoms. The van der Waals surface area contributed by atoms with E-state index in [0.717, 1.165) is 48.0 Å². The van der Waals surface area contributed by atoms with E-state index < -0.39 is 29.1 Å². The summed E-state index contributed by atoms with van der Waals surface area (Å²) in [7, 11) is 1.56. The lowest BCUT2D eigenvalue weighted by Crippen LogP contribution is -2.13. The minimum Gasteiger partial charge on any atom is -0.496 e. The molecule has 1 amide bonds. The van der Waals surface area contributed by atoms with Crippen LogP contribution in [0.3, 0.4) is 0 Å². The van der Waals surface area contributed by atoms with Crippen LogP contribution in [0, 0.1) is 11.6 Å². The molecular weight excluding hydrogens is 502 g/mol. The van der Waals surface area contributed by atoms with Gasteiger partial charge in [0.2, 0.25) is 0 Å². The number of carboxylic acid groups (broad SMARTS) is 1. The number of nitrogens with one attached hydrogen (secondary N) is 1. The van der Waals surface area contributed by atoms with Crippen molar-refractivity contribution >= 4 is 34.4 Å². The number of hydrogen-bond acceptors (Lipinski definition) is 6. The molecule has 0 aliphatic carbocycles. The van der Waals surface area contributed by atoms with Gasteiger partial charge in [-0.25, -0.2) is 18.6 Å². The van der Waals surface area contributed by atoms with Gasteiger partial charge in [0.05, 0.1) is 25.5 Å². The molecule has 0 saturated carbocycles. The third-order valence-corrected chi connectivity index (χ3v) is 6.48. The van der Waals surface area contributed by atoms with Gasteiger partial charge < -0.3 is 14.6 Å². The zero-order chi connectivity index (χ0) is 27.1. The van der Waals surface area contributed by atoms with E-state index in [1.165, 1.54) is 6.92 Å². The Morgan fingerprint density at radius 1 is 1.19 bits per heavy atom. The third-order valence-electron chi connectivity index (χ3n) is 5.73. The highest BCUT2D eigenvalue weighted by Gasteiger charge is 2.18. The van der Waals surface area contributed by atoms with Gasteiger partial charge >= 0.3 is 5.97 Å². The van der Waals surface area contributed by atoms with Crippen molar-refractivity contribution in [2.45, 2.75) is 46.3 Å². The first kappa shape index (κ1) is 27.9. The van der Waals surface area contributed by atoms with Crippen molar-refractivity contribution in [2.24, 2.45) is 0 Å². The monoisotopic (exact) mass is 530 g/mol. The lowest BCUT2D eigenvalue weighted by atomic mass is 10.1. The summed E-state index contributed by atoms with van der Waals surface area (Å²) in [6, 6.07) is 7.32. The normalized spacial score (nSPS) is 11.6. The summed E-state index contributed by atoms with van der Waals surface area (Å²) in [5.41, 5.74) is 1.09. The van der Waals surface area contributed by atoms with Gasteiger partial charge in [-0.15, -0.1) is 11.3 Å². The Hall–Kier alpha value is -3.63. The summed E-state index contributed by atoms with van der Waals surface area (Å²) >= 11 is 1.15. The average molecular weight is 531 g/mol. The molecule has 0 aliphatic heterocycles. The van der Waals surface area contributed by atoms with Crippen molar-refractivity contribution in [1.82, 2.24) is 4.98 Å². The fourth-order valence-corrected chi connectivity index (χ4v) is 4.33. The quantitative estimate of drug-likeness (QED) is 0.273. The van der Waals surface area contributed by atoms with E-state index in [1.807, 2.05) is 18.2 Å². The van der Waals surface area contributed by atoms with Gasteiger partial charge in [0.25, 0.3) is 5.91 Å². The summed E-state index contributed by atoms with van der Waals surface area (Å²) in [5.74, 6) is -3.56. The van der Waals surface area contributed by atoms with Crippen molar-refractivity contribution in [3.8, 4) is 17.0 Å². The number of aromatic nitrogens is 1. The number of para-hydroxylation sites is 1. The second kappa shape index (κ2) is 12.6. The van der Waals surface area contributed by atoms with Gasteiger partial charge in [0.1, 0.15) is 17.4 Å². The smallest absolute Gasteiger partial charge is 0.331 e. The number of rotatable bonds is 11. The van der Waals surface area contributed by atoms with E-state index >= 15 is 0 Å². The standard InChI is InChI=1S/C27H28F2N2O5S/c1-5-18(6-2)36-13-16-8-7-9-19(24(16)35-4)23-14-37-27(30-23)31-25(32)17-11-21(28)20(22(29)12-17)10-15(3)26(33)34/h7-12,14,18H,5-6,13H2,1-4H3,(H,33,34)(H,30,31,32). The number of halogens is 2. The molecular formula is C27H28F2N2O5S. The van der Waals surface area contributed by atoms with Crippen LogP contribution in [0.4, 0.5) is 13.9 Å². The Morgan fingerprint density at radius 3 is 2.46 bits per heavy atom. The molecule has 2 N–H and O–H groups in total. The summed E-state index contributed by atoms with van der Waals surface area (Å²) in [4.78, 5) is 28.1. The molecule has 196 valence electrons. The van der Waals surface area contributed by atoms with Gasteiger partial charge in [-0.05, 0) is 44.0 Å². The van der Waals surface area contributed by atoms with E-state index in [9.17, 15) is 18.4 Å². The third kappa shape index (κ3) is 6.78. The Kier molecular flexibility index (Phi) is 9.48. The lowest BCUT2D eigenvalue weighted by Gasteiger charge is -2.17. The molecule has 0 saturated heterocycles. The van der Waals surface area contributed by atoms with Crippen molar-refractivity contribution < 1.29 is 33.0 Å². The molecule has 3 rings (SSSR count). The first-order chi connectivity index (χ1) is 17.7. The van der Waals surface area contributed by atoms with Crippen LogP contribution in [0.25, 0.3) is 17.3 Å². The molecule has 3 aromatic rings. The highest BCUT2D eigenvalue weighted by atomic mass is 32.1. The van der Waals surface area contributed by atoms with Crippen molar-refractivity contribution in [1.29, 1.82) is 0 Å². The number of carboxylic acids is 1. The molecule has 10 heteroatoms. The minimum absolute atomic E-state index is 0.149. The zero-order valence-electron chi connectivity index (χ0n) is 20.9. The number of methoxy groups -OCH3 is 1. The van der Waals surface area contributed by atoms with Gasteiger partial charge in [-0.3, -0.25) is 10.1 Å². The van der Waals surface area contributed by atoms with Gasteiger partial charge in [-0.1, -0.05) is 26.0 Å². The molecule has 7 nitrogen and oxygen atoms in total. The molecule has 1 heterocycles. The van der Waals surface area contributed by atoms with Crippen LogP contribution < -0.4 is 10.1 Å². The summed E-state index contributed by atoms with van der Waals surface area (Å²) in [6.07, 6.45) is 2.83. The van der Waals surface area contributed by atoms with Gasteiger partial charge in [0, 0.05) is 33.2 Å². The van der Waals surface area contributed by atoms with E-state index in [-0.39, 0.29) is 22.4 Å². The molecule has 0 atom stereocenters. The Morgan fingerprint density at radius 2 is 1.86 bits per heavy atom. The summed E-state index contributed by atoms with van der Waals surface area (Å²) in [5, 5.41) is 13.5. The molecule has 37 heavy (non-hydrogen) atoms. The Labute approximate surface area is 217 Å². The molecule has 1 aromatic heterocycles. The number of carbonyl (C=O) groups excluding carboxylic acids is 1. The number of thiazole rings is 1. The second-order valence-electron chi connectivity index (χ2n) is 8.23. The highest BCUT2D eigenvalue weighted by Crippen LogP contribution is 2.35. The predicted octanol–water partition coefficient (Wildman–Crippen LogP) is 6.54. The highest BCUT2D eigenvalue weighted by molar-refractivity contribution is 7.14. The van der Waals surface area contributed by atoms with E-state index in [2.05, 4.69) is 24.1 Å². The van der Waals surface area contributed by atoms with Crippen molar-refractivity contribution in [3.63, 3.8) is 0 Å². The average Bonchev–Trinajstić information content (AvgIpc) is 3.34. The van der Waals surface area contributed by atoms with E-state index in [0.29, 0.717) is 23.6 Å². The van der Waals surface area contributed by atoms with Gasteiger partial charge in [-0.2, -0.15) is 0 Å². The maximum Gasteiger partial charge on any atom is 0.331 e. The predicted molar refractivity (Wildman–Crippen MR) is 139 cm³/mol. The van der Waals surface area contributed by atoms with Crippen LogP contribution in [0.2, 0.25) is 0 Å². The van der Waals surface area contributed by atoms with Crippen molar-refractivity contribution in [2.75, 3.05) is 12.4 Å². The zero-order valence-corrected chi connectivity index (χ0v) is 21.7. The van der Waals surface area contributed by atoms with Crippen LogP contribution in [-0.4, -0.2) is 35.2 Å². The van der Waals surface area contributed by atoms with Crippen molar-refractivity contribution in [3.05, 3.63) is 69.6 Å². The number of benzene rings is 2. The maximum atomic E-state index is 14.4. The largest absolute Gasteiger partial charge is 0.496 e. The number of hydrogen-bond donors (Lipinski definition) is 2. The van der Waals surface area contributed by atoms with Crippen LogP contribution in [0.5, 0.6) is 5.75 Å². The first-order valence-electron chi connectivity index (χ1n) is 11.6. The van der Waals surface area contributed by atoms with Crippen LogP contribution >= 0.6 is 11.3 Å². The number of ether oxygens (including phenoxy) is 2. The number of nitrogens with zero attached hydrogens (tertiary/aromatic N) is 1. The first-order valence-corrected chi connectivity index (χ1v) is 12.5. The minimum atomic E-state index is -1.30. The molecule has 0 aliphatic rings. The van der Waals surface area contributed by atoms with Gasteiger partial charge in [0.15, 0.2) is 5.13 Å². The van der Waals surface area contributed by atoms with E-state index in [4.69, 9.17) is 14.6 Å². The van der Waals surface area contributed by atoms with Crippen LogP contribution in [-0.2, 0) is 16.1 Å². The summed E-state index contributed by atoms with van der Waals surface area (Å²) in [6.45, 7) is 5.74. The number of carbonyl (C=O) groups is 2. The Bertz CT molecular complexity index is 1290. The number of amides is 1. The number of anilines is 1. The molecule has 0 bridgehead atoms. The SMILES string of the molecule is CCC(CC)OCc1cccc(-c2csc(NC(=O)c3cc(F)c(C=C(C)C(=O)O)c(F)c3)n2)c1OC. The fourth-order valence-electron chi connectivity index (χ4n) is 3.63. The molecule has 0 fully saturated rings. The summed E-state index contributed by atoms with van der Waals surface area (Å²) < 4.78 is 40.5. The Balaban J connectivity index is 1.81. The molecule has 2 aromatic carbocycles.